The van der Waals surface area contributed by atoms with Crippen LogP contribution in [0.4, 0.5) is 22.1 Å². The monoisotopic (exact) mass is 546 g/mol. The Balaban J connectivity index is 1.24. The fraction of sp³-hybridized carbons (Fsp3) is 0.267. The number of hydrogen-bond donors (Lipinski definition) is 3. The predicted octanol–water partition coefficient (Wildman–Crippen LogP) is 5.67. The third-order valence-corrected chi connectivity index (χ3v) is 6.92. The van der Waals surface area contributed by atoms with Crippen molar-refractivity contribution in [1.29, 1.82) is 5.26 Å². The van der Waals surface area contributed by atoms with E-state index in [1.165, 1.54) is 6.33 Å². The average molecular weight is 547 g/mol. The van der Waals surface area contributed by atoms with Crippen LogP contribution < -0.4 is 16.0 Å². The SMILES string of the molecule is Cc1cc(NC(=O)Nc2cc(C(C)(C)C)nn2-c2cccc(C#N)c2)ccc1-c1cnc(NC2CC2)c2ncnn12. The van der Waals surface area contributed by atoms with Gasteiger partial charge in [-0.3, -0.25) is 5.32 Å². The minimum Gasteiger partial charge on any atom is -0.364 e. The van der Waals surface area contributed by atoms with Gasteiger partial charge in [0.2, 0.25) is 0 Å². The molecule has 5 aromatic rings. The van der Waals surface area contributed by atoms with Crippen molar-refractivity contribution in [3.8, 4) is 23.0 Å². The Morgan fingerprint density at radius 2 is 1.90 bits per heavy atom. The maximum absolute atomic E-state index is 13.1. The van der Waals surface area contributed by atoms with E-state index < -0.39 is 6.03 Å². The predicted molar refractivity (Wildman–Crippen MR) is 157 cm³/mol. The van der Waals surface area contributed by atoms with E-state index in [1.54, 1.807) is 33.6 Å². The molecule has 0 bridgehead atoms. The van der Waals surface area contributed by atoms with E-state index in [4.69, 9.17) is 5.10 Å². The van der Waals surface area contributed by atoms with Gasteiger partial charge in [0.25, 0.3) is 0 Å². The number of urea groups is 1. The van der Waals surface area contributed by atoms with Gasteiger partial charge in [0, 0.05) is 28.8 Å². The van der Waals surface area contributed by atoms with Crippen molar-refractivity contribution in [1.82, 2.24) is 29.4 Å². The lowest BCUT2D eigenvalue weighted by molar-refractivity contribution is 0.262. The molecule has 3 aromatic heterocycles. The van der Waals surface area contributed by atoms with Gasteiger partial charge in [0.05, 0.1) is 34.9 Å². The molecule has 0 spiro atoms. The smallest absolute Gasteiger partial charge is 0.324 e. The zero-order valence-electron chi connectivity index (χ0n) is 23.3. The molecule has 3 N–H and O–H groups in total. The van der Waals surface area contributed by atoms with E-state index in [2.05, 4.69) is 57.9 Å². The molecule has 1 aliphatic carbocycles. The largest absolute Gasteiger partial charge is 0.364 e. The van der Waals surface area contributed by atoms with Gasteiger partial charge in [0.1, 0.15) is 12.1 Å². The number of amides is 2. The van der Waals surface area contributed by atoms with Crippen LogP contribution in [-0.4, -0.2) is 41.4 Å². The summed E-state index contributed by atoms with van der Waals surface area (Å²) in [4.78, 5) is 22.2. The second kappa shape index (κ2) is 10.1. The maximum atomic E-state index is 13.1. The first kappa shape index (κ1) is 26.0. The molecule has 2 aromatic carbocycles. The van der Waals surface area contributed by atoms with Crippen LogP contribution in [0.15, 0.2) is 61.1 Å². The Kier molecular flexibility index (Phi) is 6.38. The lowest BCUT2D eigenvalue weighted by atomic mass is 9.92. The van der Waals surface area contributed by atoms with Crippen molar-refractivity contribution in [3.05, 3.63) is 77.9 Å². The summed E-state index contributed by atoms with van der Waals surface area (Å²) in [6.07, 6.45) is 5.60. The first-order valence-corrected chi connectivity index (χ1v) is 13.4. The highest BCUT2D eigenvalue weighted by Gasteiger charge is 2.24. The highest BCUT2D eigenvalue weighted by Crippen LogP contribution is 2.30. The molecule has 1 saturated carbocycles. The molecule has 3 heterocycles. The van der Waals surface area contributed by atoms with E-state index in [-0.39, 0.29) is 5.41 Å². The molecule has 0 radical (unpaired) electrons. The van der Waals surface area contributed by atoms with E-state index >= 15 is 0 Å². The van der Waals surface area contributed by atoms with Gasteiger partial charge in [-0.1, -0.05) is 32.9 Å². The molecular formula is C30H30N10O. The van der Waals surface area contributed by atoms with Gasteiger partial charge in [0.15, 0.2) is 11.5 Å². The molecule has 41 heavy (non-hydrogen) atoms. The Bertz CT molecular complexity index is 1820. The Labute approximate surface area is 237 Å². The van der Waals surface area contributed by atoms with Gasteiger partial charge in [-0.15, -0.1) is 0 Å². The van der Waals surface area contributed by atoms with Crippen LogP contribution in [0.3, 0.4) is 0 Å². The number of nitriles is 1. The zero-order chi connectivity index (χ0) is 28.7. The van der Waals surface area contributed by atoms with Crippen molar-refractivity contribution >= 4 is 29.0 Å². The summed E-state index contributed by atoms with van der Waals surface area (Å²) in [5.74, 6) is 1.23. The number of rotatable bonds is 6. The molecule has 6 rings (SSSR count). The van der Waals surface area contributed by atoms with Crippen LogP contribution in [0.5, 0.6) is 0 Å². The molecule has 0 saturated heterocycles. The second-order valence-electron chi connectivity index (χ2n) is 11.3. The molecule has 0 atom stereocenters. The lowest BCUT2D eigenvalue weighted by Crippen LogP contribution is -2.21. The van der Waals surface area contributed by atoms with Gasteiger partial charge >= 0.3 is 6.03 Å². The first-order chi connectivity index (χ1) is 19.7. The summed E-state index contributed by atoms with van der Waals surface area (Å²) in [7, 11) is 0. The molecule has 0 aliphatic heterocycles. The fourth-order valence-corrected chi connectivity index (χ4v) is 4.57. The number of hydrogen-bond acceptors (Lipinski definition) is 7. The van der Waals surface area contributed by atoms with E-state index in [0.717, 1.165) is 41.2 Å². The third-order valence-electron chi connectivity index (χ3n) is 6.92. The number of carbonyl (C=O) groups is 1. The Morgan fingerprint density at radius 3 is 2.63 bits per heavy atom. The maximum Gasteiger partial charge on any atom is 0.324 e. The summed E-state index contributed by atoms with van der Waals surface area (Å²) < 4.78 is 3.43. The molecular weight excluding hydrogens is 516 g/mol. The van der Waals surface area contributed by atoms with Crippen LogP contribution >= 0.6 is 0 Å². The highest BCUT2D eigenvalue weighted by atomic mass is 16.2. The summed E-state index contributed by atoms with van der Waals surface area (Å²) in [6, 6.07) is 16.8. The molecule has 1 aliphatic rings. The number of aryl methyl sites for hydroxylation is 1. The van der Waals surface area contributed by atoms with Crippen molar-refractivity contribution < 1.29 is 4.79 Å². The van der Waals surface area contributed by atoms with Gasteiger partial charge in [-0.25, -0.2) is 24.0 Å². The average Bonchev–Trinajstić information content (AvgIpc) is 3.42. The van der Waals surface area contributed by atoms with Crippen LogP contribution in [0.2, 0.25) is 0 Å². The molecule has 2 amide bonds. The Hall–Kier alpha value is -5.24. The number of benzene rings is 2. The van der Waals surface area contributed by atoms with E-state index in [9.17, 15) is 10.1 Å². The van der Waals surface area contributed by atoms with Crippen molar-refractivity contribution in [2.45, 2.75) is 52.0 Å². The van der Waals surface area contributed by atoms with Crippen molar-refractivity contribution in [3.63, 3.8) is 0 Å². The van der Waals surface area contributed by atoms with Crippen LogP contribution in [0, 0.1) is 18.3 Å². The van der Waals surface area contributed by atoms with Crippen molar-refractivity contribution in [2.24, 2.45) is 0 Å². The third kappa shape index (κ3) is 5.32. The van der Waals surface area contributed by atoms with Crippen LogP contribution in [0.25, 0.3) is 22.6 Å². The fourth-order valence-electron chi connectivity index (χ4n) is 4.57. The van der Waals surface area contributed by atoms with E-state index in [1.807, 2.05) is 37.3 Å². The number of nitrogens with one attached hydrogen (secondary N) is 3. The summed E-state index contributed by atoms with van der Waals surface area (Å²) in [5.41, 5.74) is 5.75. The molecule has 11 nitrogen and oxygen atoms in total. The Morgan fingerprint density at radius 1 is 1.07 bits per heavy atom. The van der Waals surface area contributed by atoms with Gasteiger partial charge in [-0.2, -0.15) is 15.5 Å². The van der Waals surface area contributed by atoms with Gasteiger partial charge in [-0.05, 0) is 55.7 Å². The second-order valence-corrected chi connectivity index (χ2v) is 11.3. The zero-order valence-corrected chi connectivity index (χ0v) is 23.3. The summed E-state index contributed by atoms with van der Waals surface area (Å²) >= 11 is 0. The molecule has 206 valence electrons. The summed E-state index contributed by atoms with van der Waals surface area (Å²) in [6.45, 7) is 8.14. The minimum atomic E-state index is -0.411. The van der Waals surface area contributed by atoms with Crippen LogP contribution in [-0.2, 0) is 5.41 Å². The first-order valence-electron chi connectivity index (χ1n) is 13.4. The molecule has 0 unspecified atom stereocenters. The number of nitrogens with zero attached hydrogens (tertiary/aromatic N) is 7. The van der Waals surface area contributed by atoms with Crippen molar-refractivity contribution in [2.75, 3.05) is 16.0 Å². The number of fused-ring (bicyclic) bond motifs is 1. The van der Waals surface area contributed by atoms with E-state index in [0.29, 0.717) is 34.4 Å². The number of carbonyl (C=O) groups excluding carboxylic acids is 1. The standard InChI is InChI=1S/C30H30N10O/c1-18-12-21(10-11-23(18)24-16-32-27(35-20-8-9-20)28-33-17-34-40(24)28)36-29(41)37-26-14-25(30(2,3)4)38-39(26)22-7-5-6-19(13-22)15-31/h5-7,10-14,16-17,20H,8-9H2,1-4H3,(H,32,35)(H2,36,37,41). The van der Waals surface area contributed by atoms with Crippen LogP contribution in [0.1, 0.15) is 50.4 Å². The molecule has 1 fully saturated rings. The topological polar surface area (TPSA) is 138 Å². The lowest BCUT2D eigenvalue weighted by Gasteiger charge is -2.14. The number of aromatic nitrogens is 6. The normalized spacial score (nSPS) is 13.1. The highest BCUT2D eigenvalue weighted by molar-refractivity contribution is 5.99. The quantitative estimate of drug-likeness (QED) is 0.249. The summed E-state index contributed by atoms with van der Waals surface area (Å²) in [5, 5.41) is 27.8. The van der Waals surface area contributed by atoms with Gasteiger partial charge < -0.3 is 10.6 Å². The molecule has 11 heteroatoms. The number of anilines is 3. The minimum absolute atomic E-state index is 0.242.